The molecule has 0 spiro atoms. The highest BCUT2D eigenvalue weighted by Crippen LogP contribution is 2.23. The fourth-order valence-corrected chi connectivity index (χ4v) is 3.31. The van der Waals surface area contributed by atoms with E-state index in [1.807, 2.05) is 13.8 Å². The van der Waals surface area contributed by atoms with Crippen molar-refractivity contribution in [3.05, 3.63) is 63.1 Å². The molecule has 0 unspecified atom stereocenters. The number of nitrogens with zero attached hydrogens (tertiary/aromatic N) is 1. The summed E-state index contributed by atoms with van der Waals surface area (Å²) in [7, 11) is 0. The quantitative estimate of drug-likeness (QED) is 0.536. The van der Waals surface area contributed by atoms with Gasteiger partial charge in [0.25, 0.3) is 5.91 Å². The SMILES string of the molecule is CC[C@@H](C)NC(=O)[C@H](C)N(Cc1ccc(Cl)cc1Cl)C(=O)COc1cccc(Cl)c1. The molecule has 0 aliphatic carbocycles. The summed E-state index contributed by atoms with van der Waals surface area (Å²) in [6.45, 7) is 5.47. The first-order valence-corrected chi connectivity index (χ1v) is 10.8. The fourth-order valence-electron chi connectivity index (χ4n) is 2.67. The Labute approximate surface area is 192 Å². The molecule has 1 N–H and O–H groups in total. The van der Waals surface area contributed by atoms with E-state index in [0.29, 0.717) is 26.4 Å². The van der Waals surface area contributed by atoms with Crippen molar-refractivity contribution in [1.82, 2.24) is 10.2 Å². The number of carbonyl (C=O) groups is 2. The number of rotatable bonds is 9. The third-order valence-electron chi connectivity index (χ3n) is 4.68. The zero-order valence-corrected chi connectivity index (χ0v) is 19.4. The summed E-state index contributed by atoms with van der Waals surface area (Å²) in [5, 5.41) is 4.33. The Morgan fingerprint density at radius 1 is 1.07 bits per heavy atom. The number of carbonyl (C=O) groups excluding carboxylic acids is 2. The lowest BCUT2D eigenvalue weighted by Gasteiger charge is -2.30. The Morgan fingerprint density at radius 2 is 1.77 bits per heavy atom. The lowest BCUT2D eigenvalue weighted by atomic mass is 10.1. The maximum absolute atomic E-state index is 13.0. The minimum Gasteiger partial charge on any atom is -0.484 e. The van der Waals surface area contributed by atoms with Gasteiger partial charge >= 0.3 is 0 Å². The molecule has 0 saturated carbocycles. The molecule has 2 atom stereocenters. The van der Waals surface area contributed by atoms with Crippen LogP contribution in [0, 0.1) is 0 Å². The molecule has 8 heteroatoms. The third-order valence-corrected chi connectivity index (χ3v) is 5.50. The number of benzene rings is 2. The van der Waals surface area contributed by atoms with E-state index in [-0.39, 0.29) is 31.0 Å². The highest BCUT2D eigenvalue weighted by atomic mass is 35.5. The van der Waals surface area contributed by atoms with Crippen molar-refractivity contribution in [1.29, 1.82) is 0 Å². The monoisotopic (exact) mass is 470 g/mol. The zero-order chi connectivity index (χ0) is 22.3. The smallest absolute Gasteiger partial charge is 0.261 e. The molecule has 0 aliphatic rings. The minimum absolute atomic E-state index is 0.00117. The number of nitrogens with one attached hydrogen (secondary N) is 1. The van der Waals surface area contributed by atoms with Gasteiger partial charge in [0, 0.05) is 27.7 Å². The molecule has 0 bridgehead atoms. The Bertz CT molecular complexity index is 892. The summed E-state index contributed by atoms with van der Waals surface area (Å²) >= 11 is 18.2. The van der Waals surface area contributed by atoms with E-state index in [1.165, 1.54) is 4.90 Å². The first-order valence-electron chi connectivity index (χ1n) is 9.63. The van der Waals surface area contributed by atoms with Crippen LogP contribution in [0.4, 0.5) is 0 Å². The maximum atomic E-state index is 13.0. The van der Waals surface area contributed by atoms with Gasteiger partial charge in [0.1, 0.15) is 11.8 Å². The molecule has 2 aromatic carbocycles. The van der Waals surface area contributed by atoms with Crippen LogP contribution in [0.2, 0.25) is 15.1 Å². The largest absolute Gasteiger partial charge is 0.484 e. The molecule has 162 valence electrons. The number of hydrogen-bond acceptors (Lipinski definition) is 3. The molecule has 30 heavy (non-hydrogen) atoms. The lowest BCUT2D eigenvalue weighted by molar-refractivity contribution is -0.142. The van der Waals surface area contributed by atoms with Gasteiger partial charge in [-0.3, -0.25) is 9.59 Å². The predicted octanol–water partition coefficient (Wildman–Crippen LogP) is 5.36. The Morgan fingerprint density at radius 3 is 2.40 bits per heavy atom. The van der Waals surface area contributed by atoms with Crippen LogP contribution in [0.15, 0.2) is 42.5 Å². The van der Waals surface area contributed by atoms with Gasteiger partial charge in [-0.1, -0.05) is 53.9 Å². The predicted molar refractivity (Wildman–Crippen MR) is 121 cm³/mol. The second-order valence-corrected chi connectivity index (χ2v) is 8.28. The number of ether oxygens (including phenoxy) is 1. The van der Waals surface area contributed by atoms with Crippen LogP contribution >= 0.6 is 34.8 Å². The molecule has 0 fully saturated rings. The summed E-state index contributed by atoms with van der Waals surface area (Å²) in [4.78, 5) is 27.1. The van der Waals surface area contributed by atoms with Gasteiger partial charge in [-0.25, -0.2) is 0 Å². The van der Waals surface area contributed by atoms with Gasteiger partial charge in [-0.05, 0) is 56.2 Å². The summed E-state index contributed by atoms with van der Waals surface area (Å²) in [6, 6.07) is 11.1. The fraction of sp³-hybridized carbons (Fsp3) is 0.364. The van der Waals surface area contributed by atoms with Gasteiger partial charge in [0.2, 0.25) is 5.91 Å². The highest BCUT2D eigenvalue weighted by molar-refractivity contribution is 6.35. The Kier molecular flexibility index (Phi) is 9.28. The molecule has 2 rings (SSSR count). The van der Waals surface area contributed by atoms with Crippen molar-refractivity contribution in [2.45, 2.75) is 45.8 Å². The van der Waals surface area contributed by atoms with E-state index in [9.17, 15) is 9.59 Å². The van der Waals surface area contributed by atoms with Gasteiger partial charge in [0.15, 0.2) is 6.61 Å². The van der Waals surface area contributed by atoms with Gasteiger partial charge in [-0.15, -0.1) is 0 Å². The van der Waals surface area contributed by atoms with Gasteiger partial charge in [0.05, 0.1) is 0 Å². The van der Waals surface area contributed by atoms with Crippen molar-refractivity contribution in [3.63, 3.8) is 0 Å². The van der Waals surface area contributed by atoms with E-state index >= 15 is 0 Å². The third kappa shape index (κ3) is 7.08. The standard InChI is InChI=1S/C22H25Cl3N2O3/c1-4-14(2)26-22(29)15(3)27(12-16-8-9-18(24)11-20(16)25)21(28)13-30-19-7-5-6-17(23)10-19/h5-11,14-15H,4,12-13H2,1-3H3,(H,26,29)/t14-,15+/m1/s1. The van der Waals surface area contributed by atoms with Crippen molar-refractivity contribution < 1.29 is 14.3 Å². The first kappa shape index (κ1) is 24.3. The normalized spacial score (nSPS) is 12.7. The van der Waals surface area contributed by atoms with E-state index in [2.05, 4.69) is 5.32 Å². The van der Waals surface area contributed by atoms with E-state index in [4.69, 9.17) is 39.5 Å². The van der Waals surface area contributed by atoms with Gasteiger partial charge < -0.3 is 15.0 Å². The minimum atomic E-state index is -0.721. The van der Waals surface area contributed by atoms with Crippen LogP contribution in [-0.4, -0.2) is 35.4 Å². The molecule has 5 nitrogen and oxygen atoms in total. The lowest BCUT2D eigenvalue weighted by Crippen LogP contribution is -2.50. The number of hydrogen-bond donors (Lipinski definition) is 1. The second kappa shape index (κ2) is 11.4. The molecule has 0 heterocycles. The molecule has 0 radical (unpaired) electrons. The van der Waals surface area contributed by atoms with Crippen LogP contribution in [0.5, 0.6) is 5.75 Å². The highest BCUT2D eigenvalue weighted by Gasteiger charge is 2.27. The van der Waals surface area contributed by atoms with Crippen LogP contribution in [0.1, 0.15) is 32.8 Å². The molecule has 2 aromatic rings. The zero-order valence-electron chi connectivity index (χ0n) is 17.1. The molecule has 0 aliphatic heterocycles. The molecular weight excluding hydrogens is 447 g/mol. The summed E-state index contributed by atoms with van der Waals surface area (Å²) in [6.07, 6.45) is 0.785. The summed E-state index contributed by atoms with van der Waals surface area (Å²) < 4.78 is 5.59. The summed E-state index contributed by atoms with van der Waals surface area (Å²) in [5.41, 5.74) is 0.681. The average Bonchev–Trinajstić information content (AvgIpc) is 2.71. The topological polar surface area (TPSA) is 58.6 Å². The average molecular weight is 472 g/mol. The van der Waals surface area contributed by atoms with Crippen molar-refractivity contribution in [2.24, 2.45) is 0 Å². The summed E-state index contributed by atoms with van der Waals surface area (Å²) in [5.74, 6) is -0.129. The van der Waals surface area contributed by atoms with Crippen molar-refractivity contribution in [3.8, 4) is 5.75 Å². The number of halogens is 3. The van der Waals surface area contributed by atoms with Crippen LogP contribution in [0.25, 0.3) is 0 Å². The van der Waals surface area contributed by atoms with Crippen molar-refractivity contribution in [2.75, 3.05) is 6.61 Å². The van der Waals surface area contributed by atoms with Crippen LogP contribution in [-0.2, 0) is 16.1 Å². The van der Waals surface area contributed by atoms with E-state index in [0.717, 1.165) is 6.42 Å². The Hall–Kier alpha value is -1.95. The molecule has 0 aromatic heterocycles. The van der Waals surface area contributed by atoms with E-state index < -0.39 is 6.04 Å². The van der Waals surface area contributed by atoms with Crippen molar-refractivity contribution >= 4 is 46.6 Å². The van der Waals surface area contributed by atoms with Crippen LogP contribution in [0.3, 0.4) is 0 Å². The van der Waals surface area contributed by atoms with Gasteiger partial charge in [-0.2, -0.15) is 0 Å². The van der Waals surface area contributed by atoms with Crippen LogP contribution < -0.4 is 10.1 Å². The molecular formula is C22H25Cl3N2O3. The molecule has 0 saturated heterocycles. The first-order chi connectivity index (χ1) is 14.2. The molecule has 2 amide bonds. The Balaban J connectivity index is 2.20. The van der Waals surface area contributed by atoms with E-state index in [1.54, 1.807) is 49.4 Å². The second-order valence-electron chi connectivity index (χ2n) is 7.00. The maximum Gasteiger partial charge on any atom is 0.261 e. The number of amides is 2.